The largest absolute Gasteiger partial charge is 0.459 e. The molecule has 0 saturated carbocycles. The van der Waals surface area contributed by atoms with Gasteiger partial charge in [-0.25, -0.2) is 0 Å². The molecule has 0 fully saturated rings. The van der Waals surface area contributed by atoms with Gasteiger partial charge < -0.3 is 15.1 Å². The fraction of sp³-hybridized carbons (Fsp3) is 0.138. The van der Waals surface area contributed by atoms with Gasteiger partial charge in [-0.2, -0.15) is 0 Å². The van der Waals surface area contributed by atoms with E-state index in [4.69, 9.17) is 4.42 Å². The highest BCUT2D eigenvalue weighted by Crippen LogP contribution is 2.23. The first-order valence-electron chi connectivity index (χ1n) is 11.9. The van der Waals surface area contributed by atoms with Gasteiger partial charge in [0.05, 0.1) is 28.9 Å². The van der Waals surface area contributed by atoms with Gasteiger partial charge in [0.2, 0.25) is 0 Å². The molecule has 0 radical (unpaired) electrons. The van der Waals surface area contributed by atoms with Crippen LogP contribution in [-0.2, 0) is 4.79 Å². The number of carbonyl (C=O) groups excluding carboxylic acids is 3. The molecular weight excluding hydrogens is 468 g/mol. The molecule has 4 aromatic rings. The van der Waals surface area contributed by atoms with Gasteiger partial charge in [0, 0.05) is 0 Å². The number of nitrogens with one attached hydrogen (secondary N) is 3. The Morgan fingerprint density at radius 3 is 1.89 bits per heavy atom. The lowest BCUT2D eigenvalue weighted by molar-refractivity contribution is -0.123. The van der Waals surface area contributed by atoms with Crippen molar-refractivity contribution in [2.24, 2.45) is 5.92 Å². The van der Waals surface area contributed by atoms with Crippen LogP contribution in [0.5, 0.6) is 0 Å². The third kappa shape index (κ3) is 6.24. The van der Waals surface area contributed by atoms with E-state index in [1.165, 1.54) is 12.3 Å². The number of rotatable bonds is 9. The third-order valence-corrected chi connectivity index (χ3v) is 5.65. The SMILES string of the molecule is CC(C)[C@@H](NC(=O)c1ccccc1NC(=O)c1ccco1)C(=O)NN(c1ccccc1)c1ccccc1. The molecular formula is C29H28N4O4. The second-order valence-electron chi connectivity index (χ2n) is 8.65. The summed E-state index contributed by atoms with van der Waals surface area (Å²) >= 11 is 0. The zero-order valence-electron chi connectivity index (χ0n) is 20.5. The van der Waals surface area contributed by atoms with Crippen molar-refractivity contribution in [2.75, 3.05) is 10.3 Å². The van der Waals surface area contributed by atoms with Crippen molar-refractivity contribution in [1.29, 1.82) is 0 Å². The van der Waals surface area contributed by atoms with Crippen LogP contribution in [0.2, 0.25) is 0 Å². The minimum atomic E-state index is -0.851. The van der Waals surface area contributed by atoms with Crippen molar-refractivity contribution >= 4 is 34.8 Å². The third-order valence-electron chi connectivity index (χ3n) is 5.65. The maximum absolute atomic E-state index is 13.5. The van der Waals surface area contributed by atoms with E-state index in [1.54, 1.807) is 35.3 Å². The summed E-state index contributed by atoms with van der Waals surface area (Å²) in [5.74, 6) is -1.45. The monoisotopic (exact) mass is 496 g/mol. The van der Waals surface area contributed by atoms with Crippen LogP contribution in [0, 0.1) is 5.92 Å². The Bertz CT molecular complexity index is 1300. The van der Waals surface area contributed by atoms with Gasteiger partial charge in [-0.15, -0.1) is 0 Å². The lowest BCUT2D eigenvalue weighted by atomic mass is 10.0. The van der Waals surface area contributed by atoms with Crippen LogP contribution in [0.25, 0.3) is 0 Å². The number of anilines is 3. The van der Waals surface area contributed by atoms with Gasteiger partial charge in [0.15, 0.2) is 5.76 Å². The van der Waals surface area contributed by atoms with Gasteiger partial charge in [-0.05, 0) is 54.4 Å². The van der Waals surface area contributed by atoms with E-state index in [9.17, 15) is 14.4 Å². The van der Waals surface area contributed by atoms with Crippen LogP contribution in [0.15, 0.2) is 108 Å². The molecule has 0 unspecified atom stereocenters. The molecule has 8 nitrogen and oxygen atoms in total. The predicted octanol–water partition coefficient (Wildman–Crippen LogP) is 5.16. The molecule has 1 aromatic heterocycles. The second-order valence-corrected chi connectivity index (χ2v) is 8.65. The highest BCUT2D eigenvalue weighted by atomic mass is 16.3. The van der Waals surface area contributed by atoms with Crippen LogP contribution < -0.4 is 21.1 Å². The molecule has 0 bridgehead atoms. The van der Waals surface area contributed by atoms with Gasteiger partial charge in [-0.1, -0.05) is 62.4 Å². The lowest BCUT2D eigenvalue weighted by Crippen LogP contribution is -2.53. The summed E-state index contributed by atoms with van der Waals surface area (Å²) in [4.78, 5) is 39.2. The molecule has 3 N–H and O–H groups in total. The quantitative estimate of drug-likeness (QED) is 0.278. The summed E-state index contributed by atoms with van der Waals surface area (Å²) in [6, 6.07) is 27.7. The van der Waals surface area contributed by atoms with Gasteiger partial charge in [0.25, 0.3) is 17.7 Å². The maximum Gasteiger partial charge on any atom is 0.291 e. The highest BCUT2D eigenvalue weighted by molar-refractivity contribution is 6.08. The summed E-state index contributed by atoms with van der Waals surface area (Å²) in [7, 11) is 0. The van der Waals surface area contributed by atoms with Gasteiger partial charge >= 0.3 is 0 Å². The Kier molecular flexibility index (Phi) is 8.00. The predicted molar refractivity (Wildman–Crippen MR) is 142 cm³/mol. The fourth-order valence-corrected chi connectivity index (χ4v) is 3.75. The van der Waals surface area contributed by atoms with Gasteiger partial charge in [0.1, 0.15) is 6.04 Å². The standard InChI is InChI=1S/C29H28N4O4/c1-20(2)26(29(36)32-33(21-12-5-3-6-13-21)22-14-7-4-8-15-22)31-27(34)23-16-9-10-17-24(23)30-28(35)25-18-11-19-37-25/h3-20,26H,1-2H3,(H,30,35)(H,31,34)(H,32,36)/t26-/m1/s1. The number of furan rings is 1. The minimum absolute atomic E-state index is 0.122. The van der Waals surface area contributed by atoms with Crippen LogP contribution in [0.3, 0.4) is 0 Å². The van der Waals surface area contributed by atoms with Crippen LogP contribution in [0.4, 0.5) is 17.1 Å². The number of para-hydroxylation sites is 3. The highest BCUT2D eigenvalue weighted by Gasteiger charge is 2.28. The molecule has 1 heterocycles. The molecule has 3 aromatic carbocycles. The van der Waals surface area contributed by atoms with E-state index >= 15 is 0 Å². The molecule has 0 aliphatic rings. The van der Waals surface area contributed by atoms with Crippen molar-refractivity contribution in [3.8, 4) is 0 Å². The summed E-state index contributed by atoms with van der Waals surface area (Å²) in [6.45, 7) is 3.70. The van der Waals surface area contributed by atoms with Gasteiger partial charge in [-0.3, -0.25) is 24.8 Å². The summed E-state index contributed by atoms with van der Waals surface area (Å²) in [6.07, 6.45) is 1.40. The topological polar surface area (TPSA) is 104 Å². The van der Waals surface area contributed by atoms with Crippen LogP contribution in [-0.4, -0.2) is 23.8 Å². The number of hydrazine groups is 1. The maximum atomic E-state index is 13.5. The Morgan fingerprint density at radius 1 is 0.730 bits per heavy atom. The smallest absolute Gasteiger partial charge is 0.291 e. The molecule has 8 heteroatoms. The van der Waals surface area contributed by atoms with Crippen LogP contribution in [0.1, 0.15) is 34.8 Å². The molecule has 0 saturated heterocycles. The molecule has 1 atom stereocenters. The molecule has 3 amide bonds. The first kappa shape index (κ1) is 25.2. The zero-order valence-corrected chi connectivity index (χ0v) is 20.5. The average molecular weight is 497 g/mol. The van der Waals surface area contributed by atoms with Crippen molar-refractivity contribution in [1.82, 2.24) is 10.7 Å². The molecule has 0 spiro atoms. The molecule has 188 valence electrons. The normalized spacial score (nSPS) is 11.4. The number of carbonyl (C=O) groups is 3. The number of amides is 3. The second kappa shape index (κ2) is 11.7. The Balaban J connectivity index is 1.54. The minimum Gasteiger partial charge on any atom is -0.459 e. The van der Waals surface area contributed by atoms with E-state index in [1.807, 2.05) is 74.5 Å². The van der Waals surface area contributed by atoms with E-state index in [-0.39, 0.29) is 23.1 Å². The van der Waals surface area contributed by atoms with Crippen LogP contribution >= 0.6 is 0 Å². The number of benzene rings is 3. The van der Waals surface area contributed by atoms with Crippen molar-refractivity contribution in [2.45, 2.75) is 19.9 Å². The first-order chi connectivity index (χ1) is 17.9. The zero-order chi connectivity index (χ0) is 26.2. The van der Waals surface area contributed by atoms with E-state index < -0.39 is 17.9 Å². The van der Waals surface area contributed by atoms with Crippen molar-refractivity contribution < 1.29 is 18.8 Å². The summed E-state index contributed by atoms with van der Waals surface area (Å²) in [5.41, 5.74) is 5.01. The Labute approximate surface area is 215 Å². The average Bonchev–Trinajstić information content (AvgIpc) is 3.47. The summed E-state index contributed by atoms with van der Waals surface area (Å²) < 4.78 is 5.14. The molecule has 0 aliphatic heterocycles. The summed E-state index contributed by atoms with van der Waals surface area (Å²) in [5, 5.41) is 7.22. The van der Waals surface area contributed by atoms with Crippen molar-refractivity contribution in [3.05, 3.63) is 115 Å². The number of hydrogen-bond acceptors (Lipinski definition) is 5. The first-order valence-corrected chi connectivity index (χ1v) is 11.9. The number of hydrogen-bond donors (Lipinski definition) is 3. The fourth-order valence-electron chi connectivity index (χ4n) is 3.75. The Morgan fingerprint density at radius 2 is 1.32 bits per heavy atom. The van der Waals surface area contributed by atoms with Crippen molar-refractivity contribution in [3.63, 3.8) is 0 Å². The van der Waals surface area contributed by atoms with E-state index in [2.05, 4.69) is 16.1 Å². The molecule has 37 heavy (non-hydrogen) atoms. The number of nitrogens with zero attached hydrogens (tertiary/aromatic N) is 1. The Hall–Kier alpha value is -4.85. The lowest BCUT2D eigenvalue weighted by Gasteiger charge is -2.29. The molecule has 4 rings (SSSR count). The van der Waals surface area contributed by atoms with E-state index in [0.29, 0.717) is 5.69 Å². The molecule has 0 aliphatic carbocycles. The van der Waals surface area contributed by atoms with E-state index in [0.717, 1.165) is 11.4 Å².